The van der Waals surface area contributed by atoms with Crippen LogP contribution in [0, 0.1) is 0 Å². The zero-order valence-electron chi connectivity index (χ0n) is 14.2. The van der Waals surface area contributed by atoms with Gasteiger partial charge in [-0.15, -0.1) is 24.0 Å². The van der Waals surface area contributed by atoms with Gasteiger partial charge in [0.15, 0.2) is 5.96 Å². The molecule has 0 atom stereocenters. The largest absolute Gasteiger partial charge is 0.495 e. The topological polar surface area (TPSA) is 74.8 Å². The zero-order chi connectivity index (χ0) is 16.4. The lowest BCUT2D eigenvalue weighted by atomic mass is 10.2. The Hall–Kier alpha value is -1.51. The van der Waals surface area contributed by atoms with E-state index in [1.54, 1.807) is 7.11 Å². The fraction of sp³-hybridized carbons (Fsp3) is 0.500. The van der Waals surface area contributed by atoms with Crippen molar-refractivity contribution in [1.82, 2.24) is 10.6 Å². The number of nitrogens with zero attached hydrogens (tertiary/aromatic N) is 1. The second kappa shape index (κ2) is 12.0. The molecule has 0 fully saturated rings. The average molecular weight is 434 g/mol. The number of hydrogen-bond donors (Lipinski definition) is 3. The summed E-state index contributed by atoms with van der Waals surface area (Å²) in [7, 11) is 1.58. The highest BCUT2D eigenvalue weighted by Crippen LogP contribution is 2.25. The van der Waals surface area contributed by atoms with Crippen molar-refractivity contribution < 1.29 is 9.53 Å². The summed E-state index contributed by atoms with van der Waals surface area (Å²) in [6, 6.07) is 5.66. The van der Waals surface area contributed by atoms with Crippen LogP contribution in [0.4, 0.5) is 5.69 Å². The molecule has 0 aliphatic rings. The van der Waals surface area contributed by atoms with Crippen molar-refractivity contribution in [2.24, 2.45) is 4.99 Å². The van der Waals surface area contributed by atoms with E-state index in [1.807, 2.05) is 25.1 Å². The van der Waals surface area contributed by atoms with Crippen LogP contribution in [0.2, 0.25) is 0 Å². The number of aliphatic imine (C=N–C) groups is 1. The van der Waals surface area contributed by atoms with E-state index >= 15 is 0 Å². The maximum atomic E-state index is 11.2. The predicted octanol–water partition coefficient (Wildman–Crippen LogP) is 2.74. The first-order valence-electron chi connectivity index (χ1n) is 7.57. The summed E-state index contributed by atoms with van der Waals surface area (Å²) in [6.07, 6.45) is 1.04. The van der Waals surface area contributed by atoms with Gasteiger partial charge in [0.2, 0.25) is 5.91 Å². The number of methoxy groups -OCH3 is 1. The van der Waals surface area contributed by atoms with E-state index in [2.05, 4.69) is 27.9 Å². The molecule has 0 radical (unpaired) electrons. The SMILES string of the molecule is CCCNC(=NCc1ccc(OC)c(NC(C)=O)c1)NCC.I. The molecule has 0 aromatic heterocycles. The average Bonchev–Trinajstić information content (AvgIpc) is 2.49. The molecule has 7 heteroatoms. The minimum atomic E-state index is -0.128. The summed E-state index contributed by atoms with van der Waals surface area (Å²) in [5.41, 5.74) is 1.66. The number of amides is 1. The summed E-state index contributed by atoms with van der Waals surface area (Å²) in [4.78, 5) is 15.8. The number of guanidine groups is 1. The fourth-order valence-electron chi connectivity index (χ4n) is 1.90. The zero-order valence-corrected chi connectivity index (χ0v) is 16.6. The second-order valence-corrected chi connectivity index (χ2v) is 4.84. The van der Waals surface area contributed by atoms with Crippen molar-refractivity contribution in [1.29, 1.82) is 0 Å². The molecule has 0 aliphatic heterocycles. The molecule has 6 nitrogen and oxygen atoms in total. The summed E-state index contributed by atoms with van der Waals surface area (Å²) >= 11 is 0. The Balaban J connectivity index is 0.00000484. The fourth-order valence-corrected chi connectivity index (χ4v) is 1.90. The van der Waals surface area contributed by atoms with Crippen LogP contribution in [0.5, 0.6) is 5.75 Å². The van der Waals surface area contributed by atoms with Crippen LogP contribution in [0.3, 0.4) is 0 Å². The Morgan fingerprint density at radius 2 is 2.00 bits per heavy atom. The Morgan fingerprint density at radius 3 is 2.57 bits per heavy atom. The maximum Gasteiger partial charge on any atom is 0.221 e. The van der Waals surface area contributed by atoms with Crippen molar-refractivity contribution in [3.63, 3.8) is 0 Å². The van der Waals surface area contributed by atoms with Crippen LogP contribution in [-0.4, -0.2) is 32.1 Å². The molecule has 23 heavy (non-hydrogen) atoms. The number of benzene rings is 1. The Bertz CT molecular complexity index is 521. The van der Waals surface area contributed by atoms with E-state index in [4.69, 9.17) is 4.74 Å². The van der Waals surface area contributed by atoms with Crippen molar-refractivity contribution in [2.75, 3.05) is 25.5 Å². The van der Waals surface area contributed by atoms with Crippen molar-refractivity contribution >= 4 is 41.5 Å². The lowest BCUT2D eigenvalue weighted by Crippen LogP contribution is -2.37. The third-order valence-electron chi connectivity index (χ3n) is 2.88. The maximum absolute atomic E-state index is 11.2. The molecule has 130 valence electrons. The van der Waals surface area contributed by atoms with Crippen LogP contribution < -0.4 is 20.7 Å². The highest BCUT2D eigenvalue weighted by atomic mass is 127. The molecule has 0 saturated heterocycles. The van der Waals surface area contributed by atoms with Crippen LogP contribution in [0.1, 0.15) is 32.8 Å². The number of halogens is 1. The quantitative estimate of drug-likeness (QED) is 0.351. The molecule has 0 aliphatic carbocycles. The number of hydrogen-bond acceptors (Lipinski definition) is 3. The highest BCUT2D eigenvalue weighted by Gasteiger charge is 2.06. The number of ether oxygens (including phenoxy) is 1. The third-order valence-corrected chi connectivity index (χ3v) is 2.88. The number of anilines is 1. The summed E-state index contributed by atoms with van der Waals surface area (Å²) in [5, 5.41) is 9.22. The number of nitrogens with one attached hydrogen (secondary N) is 3. The van der Waals surface area contributed by atoms with Gasteiger partial charge in [0, 0.05) is 20.0 Å². The molecule has 0 bridgehead atoms. The Labute approximate surface area is 155 Å². The Morgan fingerprint density at radius 1 is 1.26 bits per heavy atom. The third kappa shape index (κ3) is 8.06. The van der Waals surface area contributed by atoms with Crippen LogP contribution in [-0.2, 0) is 11.3 Å². The van der Waals surface area contributed by atoms with E-state index in [0.717, 1.165) is 31.0 Å². The van der Waals surface area contributed by atoms with Crippen LogP contribution in [0.25, 0.3) is 0 Å². The first kappa shape index (κ1) is 21.5. The van der Waals surface area contributed by atoms with Gasteiger partial charge in [0.25, 0.3) is 0 Å². The lowest BCUT2D eigenvalue weighted by Gasteiger charge is -2.12. The van der Waals surface area contributed by atoms with Crippen LogP contribution in [0.15, 0.2) is 23.2 Å². The van der Waals surface area contributed by atoms with Gasteiger partial charge in [0.1, 0.15) is 5.75 Å². The predicted molar refractivity (Wildman–Crippen MR) is 106 cm³/mol. The molecule has 1 amide bonds. The molecule has 0 heterocycles. The van der Waals surface area contributed by atoms with Gasteiger partial charge >= 0.3 is 0 Å². The molecule has 0 unspecified atom stereocenters. The van der Waals surface area contributed by atoms with Crippen molar-refractivity contribution in [3.05, 3.63) is 23.8 Å². The lowest BCUT2D eigenvalue weighted by molar-refractivity contribution is -0.114. The van der Waals surface area contributed by atoms with E-state index in [9.17, 15) is 4.79 Å². The molecular weight excluding hydrogens is 407 g/mol. The Kier molecular flexibility index (Phi) is 11.2. The standard InChI is InChI=1S/C16H26N4O2.HI/c1-5-9-18-16(17-6-2)19-11-13-7-8-15(22-4)14(10-13)20-12(3)21;/h7-8,10H,5-6,9,11H2,1-4H3,(H,20,21)(H2,17,18,19);1H. The number of rotatable bonds is 7. The van der Waals surface area contributed by atoms with Crippen molar-refractivity contribution in [2.45, 2.75) is 33.7 Å². The summed E-state index contributed by atoms with van der Waals surface area (Å²) < 4.78 is 5.24. The highest BCUT2D eigenvalue weighted by molar-refractivity contribution is 14.0. The van der Waals surface area contributed by atoms with Gasteiger partial charge in [-0.05, 0) is 31.0 Å². The number of carbonyl (C=O) groups is 1. The van der Waals surface area contributed by atoms with Gasteiger partial charge in [-0.3, -0.25) is 4.79 Å². The van der Waals surface area contributed by atoms with Crippen molar-refractivity contribution in [3.8, 4) is 5.75 Å². The first-order chi connectivity index (χ1) is 10.6. The van der Waals surface area contributed by atoms with Gasteiger partial charge in [-0.2, -0.15) is 0 Å². The summed E-state index contributed by atoms with van der Waals surface area (Å²) in [6.45, 7) is 7.84. The number of carbonyl (C=O) groups excluding carboxylic acids is 1. The van der Waals surface area contributed by atoms with E-state index in [-0.39, 0.29) is 29.9 Å². The second-order valence-electron chi connectivity index (χ2n) is 4.84. The minimum Gasteiger partial charge on any atom is -0.495 e. The van der Waals surface area contributed by atoms with Gasteiger partial charge in [0.05, 0.1) is 19.3 Å². The monoisotopic (exact) mass is 434 g/mol. The van der Waals surface area contributed by atoms with E-state index in [0.29, 0.717) is 18.0 Å². The van der Waals surface area contributed by atoms with Gasteiger partial charge < -0.3 is 20.7 Å². The molecule has 1 rings (SSSR count). The summed E-state index contributed by atoms with van der Waals surface area (Å²) in [5.74, 6) is 1.30. The van der Waals surface area contributed by atoms with Crippen LogP contribution >= 0.6 is 24.0 Å². The molecule has 3 N–H and O–H groups in total. The minimum absolute atomic E-state index is 0. The molecular formula is C16H27IN4O2. The van der Waals surface area contributed by atoms with E-state index < -0.39 is 0 Å². The molecule has 1 aromatic carbocycles. The van der Waals surface area contributed by atoms with Gasteiger partial charge in [-0.25, -0.2) is 4.99 Å². The molecule has 1 aromatic rings. The van der Waals surface area contributed by atoms with Gasteiger partial charge in [-0.1, -0.05) is 13.0 Å². The normalized spacial score (nSPS) is 10.5. The van der Waals surface area contributed by atoms with E-state index in [1.165, 1.54) is 6.92 Å². The molecule has 0 spiro atoms. The smallest absolute Gasteiger partial charge is 0.221 e. The first-order valence-corrected chi connectivity index (χ1v) is 7.57. The molecule has 0 saturated carbocycles.